The fourth-order valence-corrected chi connectivity index (χ4v) is 4.60. The number of anilines is 2. The highest BCUT2D eigenvalue weighted by Crippen LogP contribution is 2.26. The molecule has 1 aliphatic rings. The van der Waals surface area contributed by atoms with Crippen molar-refractivity contribution in [1.82, 2.24) is 14.8 Å². The Morgan fingerprint density at radius 3 is 2.57 bits per heavy atom. The number of nitrogens with zero attached hydrogens (tertiary/aromatic N) is 3. The highest BCUT2D eigenvalue weighted by atomic mass is 32.2. The Morgan fingerprint density at radius 1 is 1.00 bits per heavy atom. The first-order valence-electron chi connectivity index (χ1n) is 9.85. The summed E-state index contributed by atoms with van der Waals surface area (Å²) in [5.74, 6) is 1.52. The minimum absolute atomic E-state index is 0.110. The van der Waals surface area contributed by atoms with Crippen LogP contribution in [0, 0.1) is 0 Å². The maximum absolute atomic E-state index is 12.8. The highest BCUT2D eigenvalue weighted by Gasteiger charge is 2.18. The van der Waals surface area contributed by atoms with E-state index in [1.54, 1.807) is 30.3 Å². The van der Waals surface area contributed by atoms with Crippen molar-refractivity contribution in [2.45, 2.75) is 44.0 Å². The van der Waals surface area contributed by atoms with Crippen LogP contribution in [-0.2, 0) is 27.8 Å². The van der Waals surface area contributed by atoms with Crippen LogP contribution in [-0.4, -0.2) is 29.1 Å². The SMILES string of the molecule is CC(=O)Nc1ccc(S(=O)(=O)Nc2cccc(-c3nnc4n3CCCCC4)c2)cc1. The number of rotatable bonds is 5. The number of benzene rings is 2. The summed E-state index contributed by atoms with van der Waals surface area (Å²) in [6.07, 6.45) is 4.27. The number of amides is 1. The summed E-state index contributed by atoms with van der Waals surface area (Å²) in [7, 11) is -3.77. The average Bonchev–Trinajstić information content (AvgIpc) is 2.96. The molecule has 2 N–H and O–H groups in total. The van der Waals surface area contributed by atoms with E-state index in [1.807, 2.05) is 6.07 Å². The third-order valence-corrected chi connectivity index (χ3v) is 6.36. The Labute approximate surface area is 175 Å². The van der Waals surface area contributed by atoms with Crippen LogP contribution in [0.3, 0.4) is 0 Å². The van der Waals surface area contributed by atoms with Gasteiger partial charge < -0.3 is 9.88 Å². The molecule has 4 rings (SSSR count). The van der Waals surface area contributed by atoms with E-state index in [2.05, 4.69) is 24.8 Å². The maximum Gasteiger partial charge on any atom is 0.261 e. The highest BCUT2D eigenvalue weighted by molar-refractivity contribution is 7.92. The van der Waals surface area contributed by atoms with E-state index < -0.39 is 10.0 Å². The van der Waals surface area contributed by atoms with Crippen LogP contribution >= 0.6 is 0 Å². The molecule has 0 bridgehead atoms. The van der Waals surface area contributed by atoms with E-state index in [0.29, 0.717) is 11.4 Å². The zero-order valence-electron chi connectivity index (χ0n) is 16.6. The van der Waals surface area contributed by atoms with Gasteiger partial charge in [-0.2, -0.15) is 0 Å². The molecule has 0 atom stereocenters. The van der Waals surface area contributed by atoms with Gasteiger partial charge in [0.1, 0.15) is 5.82 Å². The lowest BCUT2D eigenvalue weighted by Gasteiger charge is -2.11. The number of aromatic nitrogens is 3. The number of carbonyl (C=O) groups excluding carboxylic acids is 1. The number of fused-ring (bicyclic) bond motifs is 1. The second-order valence-corrected chi connectivity index (χ2v) is 8.98. The van der Waals surface area contributed by atoms with Gasteiger partial charge in [-0.25, -0.2) is 8.42 Å². The van der Waals surface area contributed by atoms with Crippen LogP contribution in [0.25, 0.3) is 11.4 Å². The smallest absolute Gasteiger partial charge is 0.261 e. The van der Waals surface area contributed by atoms with Crippen molar-refractivity contribution in [2.24, 2.45) is 0 Å². The van der Waals surface area contributed by atoms with Crippen LogP contribution in [0.4, 0.5) is 11.4 Å². The molecule has 1 amide bonds. The molecule has 0 aliphatic carbocycles. The molecule has 0 radical (unpaired) electrons. The fraction of sp³-hybridized carbons (Fsp3) is 0.286. The number of sulfonamides is 1. The Bertz CT molecular complexity index is 1170. The largest absolute Gasteiger partial charge is 0.326 e. The van der Waals surface area contributed by atoms with Gasteiger partial charge in [0.25, 0.3) is 10.0 Å². The lowest BCUT2D eigenvalue weighted by molar-refractivity contribution is -0.114. The van der Waals surface area contributed by atoms with Gasteiger partial charge in [0.05, 0.1) is 4.90 Å². The molecule has 2 aromatic carbocycles. The first-order valence-corrected chi connectivity index (χ1v) is 11.3. The van der Waals surface area contributed by atoms with Crippen molar-refractivity contribution in [2.75, 3.05) is 10.0 Å². The van der Waals surface area contributed by atoms with Crippen LogP contribution in [0.2, 0.25) is 0 Å². The van der Waals surface area contributed by atoms with Gasteiger partial charge in [0.2, 0.25) is 5.91 Å². The quantitative estimate of drug-likeness (QED) is 0.651. The van der Waals surface area contributed by atoms with Gasteiger partial charge in [0.15, 0.2) is 5.82 Å². The third-order valence-electron chi connectivity index (χ3n) is 4.97. The molecule has 0 fully saturated rings. The Hall–Kier alpha value is -3.20. The van der Waals surface area contributed by atoms with Gasteiger partial charge in [-0.05, 0) is 49.2 Å². The number of hydrogen-bond acceptors (Lipinski definition) is 5. The molecule has 0 saturated carbocycles. The molecule has 0 unspecified atom stereocenters. The molecule has 3 aromatic rings. The number of nitrogens with one attached hydrogen (secondary N) is 2. The van der Waals surface area contributed by atoms with Crippen LogP contribution in [0.1, 0.15) is 32.0 Å². The van der Waals surface area contributed by atoms with Crippen molar-refractivity contribution in [1.29, 1.82) is 0 Å². The first kappa shape index (κ1) is 20.1. The van der Waals surface area contributed by atoms with E-state index in [9.17, 15) is 13.2 Å². The minimum atomic E-state index is -3.77. The predicted molar refractivity (Wildman–Crippen MR) is 115 cm³/mol. The molecule has 1 aromatic heterocycles. The van der Waals surface area contributed by atoms with E-state index in [4.69, 9.17) is 0 Å². The van der Waals surface area contributed by atoms with Crippen molar-refractivity contribution in [3.8, 4) is 11.4 Å². The van der Waals surface area contributed by atoms with E-state index >= 15 is 0 Å². The van der Waals surface area contributed by atoms with Crippen molar-refractivity contribution in [3.05, 3.63) is 54.4 Å². The van der Waals surface area contributed by atoms with Crippen molar-refractivity contribution >= 4 is 27.3 Å². The van der Waals surface area contributed by atoms with Gasteiger partial charge in [-0.15, -0.1) is 10.2 Å². The lowest BCUT2D eigenvalue weighted by atomic mass is 10.2. The number of carbonyl (C=O) groups is 1. The Morgan fingerprint density at radius 2 is 1.80 bits per heavy atom. The molecule has 0 saturated heterocycles. The van der Waals surface area contributed by atoms with Gasteiger partial charge in [0, 0.05) is 36.8 Å². The fourth-order valence-electron chi connectivity index (χ4n) is 3.56. The summed E-state index contributed by atoms with van der Waals surface area (Å²) in [5.41, 5.74) is 1.80. The monoisotopic (exact) mass is 425 g/mol. The minimum Gasteiger partial charge on any atom is -0.326 e. The molecule has 2 heterocycles. The van der Waals surface area contributed by atoms with Gasteiger partial charge in [-0.1, -0.05) is 18.6 Å². The second kappa shape index (κ2) is 8.27. The summed E-state index contributed by atoms with van der Waals surface area (Å²) in [6.45, 7) is 2.27. The summed E-state index contributed by atoms with van der Waals surface area (Å²) in [4.78, 5) is 11.2. The Balaban J connectivity index is 1.57. The lowest BCUT2D eigenvalue weighted by Crippen LogP contribution is -2.13. The zero-order chi connectivity index (χ0) is 21.1. The first-order chi connectivity index (χ1) is 14.4. The molecule has 9 heteroatoms. The maximum atomic E-state index is 12.8. The topological polar surface area (TPSA) is 106 Å². The molecular weight excluding hydrogens is 402 g/mol. The van der Waals surface area contributed by atoms with Gasteiger partial charge in [-0.3, -0.25) is 9.52 Å². The average molecular weight is 426 g/mol. The number of hydrogen-bond donors (Lipinski definition) is 2. The summed E-state index contributed by atoms with van der Waals surface area (Å²) in [6, 6.07) is 13.2. The molecule has 1 aliphatic heterocycles. The standard InChI is InChI=1S/C21H23N5O3S/c1-15(27)22-17-9-11-19(12-10-17)30(28,29)25-18-7-5-6-16(14-18)21-24-23-20-8-3-2-4-13-26(20)21/h5-7,9-12,14,25H,2-4,8,13H2,1H3,(H,22,27). The van der Waals surface area contributed by atoms with Crippen LogP contribution in [0.15, 0.2) is 53.4 Å². The molecule has 8 nitrogen and oxygen atoms in total. The van der Waals surface area contributed by atoms with E-state index in [-0.39, 0.29) is 10.8 Å². The molecule has 30 heavy (non-hydrogen) atoms. The summed E-state index contributed by atoms with van der Waals surface area (Å²) >= 11 is 0. The second-order valence-electron chi connectivity index (χ2n) is 7.29. The van der Waals surface area contributed by atoms with Gasteiger partial charge >= 0.3 is 0 Å². The summed E-state index contributed by atoms with van der Waals surface area (Å²) in [5, 5.41) is 11.3. The predicted octanol–water partition coefficient (Wildman–Crippen LogP) is 3.43. The zero-order valence-corrected chi connectivity index (χ0v) is 17.4. The Kier molecular flexibility index (Phi) is 5.54. The van der Waals surface area contributed by atoms with Crippen molar-refractivity contribution < 1.29 is 13.2 Å². The molecule has 0 spiro atoms. The normalized spacial score (nSPS) is 13.9. The molecular formula is C21H23N5O3S. The van der Waals surface area contributed by atoms with E-state index in [0.717, 1.165) is 43.0 Å². The van der Waals surface area contributed by atoms with Crippen LogP contribution in [0.5, 0.6) is 0 Å². The molecule has 156 valence electrons. The van der Waals surface area contributed by atoms with Crippen molar-refractivity contribution in [3.63, 3.8) is 0 Å². The van der Waals surface area contributed by atoms with E-state index in [1.165, 1.54) is 25.5 Å². The summed E-state index contributed by atoms with van der Waals surface area (Å²) < 4.78 is 30.3. The third kappa shape index (κ3) is 4.35. The number of aryl methyl sites for hydroxylation is 1. The van der Waals surface area contributed by atoms with Crippen LogP contribution < -0.4 is 10.0 Å².